The summed E-state index contributed by atoms with van der Waals surface area (Å²) in [7, 11) is 0. The van der Waals surface area contributed by atoms with Gasteiger partial charge in [0.25, 0.3) is 5.91 Å². The van der Waals surface area contributed by atoms with Crippen molar-refractivity contribution in [1.82, 2.24) is 10.2 Å². The van der Waals surface area contributed by atoms with E-state index in [-0.39, 0.29) is 10.0 Å². The molecule has 1 aromatic heterocycles. The highest BCUT2D eigenvalue weighted by atomic mass is 79.9. The van der Waals surface area contributed by atoms with Gasteiger partial charge >= 0.3 is 0 Å². The van der Waals surface area contributed by atoms with Crippen LogP contribution in [0.3, 0.4) is 0 Å². The Hall–Kier alpha value is -1.89. The predicted octanol–water partition coefficient (Wildman–Crippen LogP) is 3.39. The molecule has 20 heavy (non-hydrogen) atoms. The topological polar surface area (TPSA) is 54.9 Å². The normalized spacial score (nSPS) is 10.4. The van der Waals surface area contributed by atoms with Crippen molar-refractivity contribution in [1.29, 1.82) is 0 Å². The van der Waals surface area contributed by atoms with Gasteiger partial charge in [0, 0.05) is 4.47 Å². The lowest BCUT2D eigenvalue weighted by Gasteiger charge is -2.09. The average molecular weight is 342 g/mol. The number of benzene rings is 1. The molecule has 1 heterocycles. The van der Waals surface area contributed by atoms with Gasteiger partial charge in [-0.1, -0.05) is 15.9 Å². The van der Waals surface area contributed by atoms with Gasteiger partial charge in [0.2, 0.25) is 0 Å². The molecule has 4 nitrogen and oxygen atoms in total. The van der Waals surface area contributed by atoms with Crippen molar-refractivity contribution < 1.29 is 13.6 Å². The first kappa shape index (κ1) is 14.5. The number of amides is 1. The molecule has 7 heteroatoms. The molecule has 0 atom stereocenters. The molecule has 2 aromatic rings. The van der Waals surface area contributed by atoms with E-state index in [0.29, 0.717) is 11.4 Å². The zero-order valence-electron chi connectivity index (χ0n) is 10.7. The van der Waals surface area contributed by atoms with Crippen LogP contribution in [0.4, 0.5) is 14.5 Å². The Balaban J connectivity index is 2.35. The largest absolute Gasteiger partial charge is 0.317 e. The second-order valence-electron chi connectivity index (χ2n) is 4.18. The number of halogens is 3. The summed E-state index contributed by atoms with van der Waals surface area (Å²) in [6.07, 6.45) is 0. The number of nitrogens with zero attached hydrogens (tertiary/aromatic N) is 2. The predicted molar refractivity (Wildman–Crippen MR) is 73.5 cm³/mol. The third kappa shape index (κ3) is 2.98. The SMILES string of the molecule is Cc1cc(C(=O)Nc2c(F)cc(Br)cc2F)c(C)nn1. The first-order valence-electron chi connectivity index (χ1n) is 5.65. The van der Waals surface area contributed by atoms with E-state index in [2.05, 4.69) is 31.4 Å². The van der Waals surface area contributed by atoms with Crippen LogP contribution in [-0.2, 0) is 0 Å². The van der Waals surface area contributed by atoms with E-state index in [0.717, 1.165) is 12.1 Å². The highest BCUT2D eigenvalue weighted by Crippen LogP contribution is 2.24. The van der Waals surface area contributed by atoms with Crippen molar-refractivity contribution >= 4 is 27.5 Å². The van der Waals surface area contributed by atoms with Crippen LogP contribution in [0.1, 0.15) is 21.7 Å². The van der Waals surface area contributed by atoms with Gasteiger partial charge in [0.1, 0.15) is 5.69 Å². The van der Waals surface area contributed by atoms with Crippen LogP contribution in [0.15, 0.2) is 22.7 Å². The minimum Gasteiger partial charge on any atom is -0.317 e. The number of anilines is 1. The van der Waals surface area contributed by atoms with Gasteiger partial charge in [-0.25, -0.2) is 8.78 Å². The van der Waals surface area contributed by atoms with Crippen LogP contribution in [-0.4, -0.2) is 16.1 Å². The van der Waals surface area contributed by atoms with Crippen LogP contribution < -0.4 is 5.32 Å². The van der Waals surface area contributed by atoms with Gasteiger partial charge in [-0.3, -0.25) is 4.79 Å². The van der Waals surface area contributed by atoms with Crippen molar-refractivity contribution in [2.75, 3.05) is 5.32 Å². The van der Waals surface area contributed by atoms with E-state index in [1.807, 2.05) is 0 Å². The standard InChI is InChI=1S/C13H10BrF2N3O/c1-6-3-9(7(2)19-18-6)13(20)17-12-10(15)4-8(14)5-11(12)16/h3-5H,1-2H3,(H,17,20). The van der Waals surface area contributed by atoms with Crippen molar-refractivity contribution in [2.45, 2.75) is 13.8 Å². The molecular weight excluding hydrogens is 332 g/mol. The molecule has 0 aliphatic rings. The number of carbonyl (C=O) groups excluding carboxylic acids is 1. The minimum atomic E-state index is -0.860. The molecule has 0 radical (unpaired) electrons. The van der Waals surface area contributed by atoms with E-state index in [1.165, 1.54) is 6.07 Å². The molecule has 0 aliphatic carbocycles. The van der Waals surface area contributed by atoms with Crippen molar-refractivity contribution in [2.24, 2.45) is 0 Å². The zero-order valence-corrected chi connectivity index (χ0v) is 12.3. The van der Waals surface area contributed by atoms with Crippen LogP contribution in [0, 0.1) is 25.5 Å². The van der Waals surface area contributed by atoms with Gasteiger partial charge in [-0.05, 0) is 32.0 Å². The lowest BCUT2D eigenvalue weighted by molar-refractivity contribution is 0.102. The third-order valence-electron chi connectivity index (χ3n) is 2.59. The maximum atomic E-state index is 13.7. The number of carbonyl (C=O) groups is 1. The number of hydrogen-bond donors (Lipinski definition) is 1. The summed E-state index contributed by atoms with van der Waals surface area (Å²) in [5, 5.41) is 9.80. The Bertz CT molecular complexity index is 668. The molecule has 0 saturated heterocycles. The summed E-state index contributed by atoms with van der Waals surface area (Å²) in [5.74, 6) is -2.36. The molecular formula is C13H10BrF2N3O. The number of aryl methyl sites for hydroxylation is 2. The quantitative estimate of drug-likeness (QED) is 0.910. The maximum absolute atomic E-state index is 13.7. The molecule has 0 saturated carbocycles. The number of nitrogens with one attached hydrogen (secondary N) is 1. The first-order valence-corrected chi connectivity index (χ1v) is 6.44. The molecule has 0 unspecified atom stereocenters. The fraction of sp³-hybridized carbons (Fsp3) is 0.154. The summed E-state index contributed by atoms with van der Waals surface area (Å²) < 4.78 is 27.6. The molecule has 104 valence electrons. The van der Waals surface area contributed by atoms with E-state index in [4.69, 9.17) is 0 Å². The summed E-state index contributed by atoms with van der Waals surface area (Å²) >= 11 is 2.97. The molecule has 0 aliphatic heterocycles. The van der Waals surface area contributed by atoms with Crippen molar-refractivity contribution in [3.8, 4) is 0 Å². The van der Waals surface area contributed by atoms with Crippen LogP contribution in [0.5, 0.6) is 0 Å². The summed E-state index contributed by atoms with van der Waals surface area (Å²) in [6, 6.07) is 3.65. The highest BCUT2D eigenvalue weighted by molar-refractivity contribution is 9.10. The molecule has 1 N–H and O–H groups in total. The van der Waals surface area contributed by atoms with Gasteiger partial charge in [-0.2, -0.15) is 10.2 Å². The molecule has 0 bridgehead atoms. The Labute approximate surface area is 122 Å². The Morgan fingerprint density at radius 2 is 1.75 bits per heavy atom. The van der Waals surface area contributed by atoms with Crippen LogP contribution in [0.25, 0.3) is 0 Å². The summed E-state index contributed by atoms with van der Waals surface area (Å²) in [6.45, 7) is 3.26. The Morgan fingerprint density at radius 1 is 1.15 bits per heavy atom. The van der Waals surface area contributed by atoms with Crippen LogP contribution in [0.2, 0.25) is 0 Å². The van der Waals surface area contributed by atoms with E-state index >= 15 is 0 Å². The summed E-state index contributed by atoms with van der Waals surface area (Å²) in [5.41, 5.74) is 0.648. The highest BCUT2D eigenvalue weighted by Gasteiger charge is 2.17. The fourth-order valence-electron chi connectivity index (χ4n) is 1.62. The van der Waals surface area contributed by atoms with Crippen molar-refractivity contribution in [3.63, 3.8) is 0 Å². The molecule has 1 aromatic carbocycles. The monoisotopic (exact) mass is 341 g/mol. The molecule has 0 spiro atoms. The lowest BCUT2D eigenvalue weighted by Crippen LogP contribution is -2.17. The minimum absolute atomic E-state index is 0.221. The second kappa shape index (κ2) is 5.62. The van der Waals surface area contributed by atoms with Gasteiger partial charge in [0.15, 0.2) is 11.6 Å². The Morgan fingerprint density at radius 3 is 2.35 bits per heavy atom. The van der Waals surface area contributed by atoms with E-state index < -0.39 is 23.2 Å². The van der Waals surface area contributed by atoms with Crippen LogP contribution >= 0.6 is 15.9 Å². The second-order valence-corrected chi connectivity index (χ2v) is 5.10. The van der Waals surface area contributed by atoms with Crippen molar-refractivity contribution in [3.05, 3.63) is 51.3 Å². The molecule has 0 fully saturated rings. The number of hydrogen-bond acceptors (Lipinski definition) is 3. The third-order valence-corrected chi connectivity index (χ3v) is 3.05. The Kier molecular flexibility index (Phi) is 4.08. The first-order chi connectivity index (χ1) is 9.38. The maximum Gasteiger partial charge on any atom is 0.257 e. The van der Waals surface area contributed by atoms with Gasteiger partial charge in [-0.15, -0.1) is 0 Å². The van der Waals surface area contributed by atoms with E-state index in [9.17, 15) is 13.6 Å². The van der Waals surface area contributed by atoms with E-state index in [1.54, 1.807) is 13.8 Å². The van der Waals surface area contributed by atoms with Gasteiger partial charge in [0.05, 0.1) is 17.0 Å². The zero-order chi connectivity index (χ0) is 14.9. The summed E-state index contributed by atoms with van der Waals surface area (Å²) in [4.78, 5) is 12.1. The fourth-order valence-corrected chi connectivity index (χ4v) is 2.02. The smallest absolute Gasteiger partial charge is 0.257 e. The molecule has 2 rings (SSSR count). The van der Waals surface area contributed by atoms with Gasteiger partial charge < -0.3 is 5.32 Å². The number of rotatable bonds is 2. The molecule has 1 amide bonds. The average Bonchev–Trinajstić information content (AvgIpc) is 2.36. The lowest BCUT2D eigenvalue weighted by atomic mass is 10.2. The number of aromatic nitrogens is 2.